The van der Waals surface area contributed by atoms with Gasteiger partial charge < -0.3 is 14.8 Å². The number of ether oxygens (including phenoxy) is 2. The largest absolute Gasteiger partial charge is 0.482 e. The number of benzene rings is 2. The highest BCUT2D eigenvalue weighted by Crippen LogP contribution is 2.34. The highest BCUT2D eigenvalue weighted by atomic mass is 19.4. The second kappa shape index (κ2) is 9.91. The Morgan fingerprint density at radius 1 is 1.03 bits per heavy atom. The van der Waals surface area contributed by atoms with Gasteiger partial charge in [-0.15, -0.1) is 0 Å². The summed E-state index contributed by atoms with van der Waals surface area (Å²) in [5, 5.41) is 2.11. The molecule has 0 fully saturated rings. The van der Waals surface area contributed by atoms with Crippen molar-refractivity contribution in [3.05, 3.63) is 59.7 Å². The van der Waals surface area contributed by atoms with Crippen molar-refractivity contribution in [1.82, 2.24) is 0 Å². The van der Waals surface area contributed by atoms with Gasteiger partial charge in [0.1, 0.15) is 5.75 Å². The first-order chi connectivity index (χ1) is 14.1. The van der Waals surface area contributed by atoms with E-state index in [4.69, 9.17) is 9.47 Å². The summed E-state index contributed by atoms with van der Waals surface area (Å²) in [6.07, 6.45) is -5.62. The summed E-state index contributed by atoms with van der Waals surface area (Å²) in [5.41, 5.74) is -0.932. The van der Waals surface area contributed by atoms with Gasteiger partial charge in [0.15, 0.2) is 18.5 Å². The lowest BCUT2D eigenvalue weighted by Crippen LogP contribution is -2.32. The number of nitrogens with one attached hydrogen (secondary N) is 1. The zero-order valence-electron chi connectivity index (χ0n) is 16.3. The highest BCUT2D eigenvalue weighted by Gasteiger charge is 2.34. The van der Waals surface area contributed by atoms with Crippen LogP contribution >= 0.6 is 0 Å². The zero-order chi connectivity index (χ0) is 22.3. The van der Waals surface area contributed by atoms with Crippen LogP contribution in [0.25, 0.3) is 0 Å². The predicted octanol–water partition coefficient (Wildman–Crippen LogP) is 4.25. The summed E-state index contributed by atoms with van der Waals surface area (Å²) in [7, 11) is 0. The Balaban J connectivity index is 1.88. The molecule has 1 atom stereocenters. The molecule has 2 aromatic rings. The Bertz CT molecular complexity index is 910. The highest BCUT2D eigenvalue weighted by molar-refractivity contribution is 5.96. The van der Waals surface area contributed by atoms with E-state index in [1.165, 1.54) is 31.2 Å². The molecule has 2 aromatic carbocycles. The molecule has 0 radical (unpaired) electrons. The first-order valence-corrected chi connectivity index (χ1v) is 9.04. The summed E-state index contributed by atoms with van der Waals surface area (Å²) in [5.74, 6) is -1.51. The number of esters is 1. The third-order valence-electron chi connectivity index (χ3n) is 4.02. The van der Waals surface area contributed by atoms with E-state index in [1.807, 2.05) is 0 Å². The second-order valence-corrected chi connectivity index (χ2v) is 6.25. The van der Waals surface area contributed by atoms with Gasteiger partial charge in [-0.05, 0) is 43.3 Å². The zero-order valence-corrected chi connectivity index (χ0v) is 16.3. The average Bonchev–Trinajstić information content (AvgIpc) is 2.71. The Kier molecular flexibility index (Phi) is 7.57. The molecule has 9 heteroatoms. The molecule has 0 saturated carbocycles. The van der Waals surface area contributed by atoms with Gasteiger partial charge >= 0.3 is 12.1 Å². The first kappa shape index (κ1) is 22.9. The number of rotatable bonds is 8. The van der Waals surface area contributed by atoms with E-state index < -0.39 is 42.0 Å². The van der Waals surface area contributed by atoms with Crippen LogP contribution in [0.15, 0.2) is 48.5 Å². The van der Waals surface area contributed by atoms with Crippen molar-refractivity contribution < 1.29 is 37.0 Å². The quantitative estimate of drug-likeness (QED) is 0.507. The lowest BCUT2D eigenvalue weighted by Gasteiger charge is -2.17. The minimum absolute atomic E-state index is 0.0344. The van der Waals surface area contributed by atoms with E-state index in [9.17, 15) is 27.6 Å². The van der Waals surface area contributed by atoms with E-state index >= 15 is 0 Å². The Morgan fingerprint density at radius 2 is 1.67 bits per heavy atom. The number of carbonyl (C=O) groups excluding carboxylic acids is 3. The first-order valence-electron chi connectivity index (χ1n) is 9.04. The molecule has 6 nitrogen and oxygen atoms in total. The van der Waals surface area contributed by atoms with E-state index in [0.29, 0.717) is 17.7 Å². The Morgan fingerprint density at radius 3 is 2.27 bits per heavy atom. The molecular weight excluding hydrogens is 403 g/mol. The van der Waals surface area contributed by atoms with Crippen LogP contribution in [0.3, 0.4) is 0 Å². The molecule has 0 aromatic heterocycles. The lowest BCUT2D eigenvalue weighted by atomic mass is 10.1. The standard InChI is InChI=1S/C21H20F3NO5/c1-3-18(26)14-8-10-15(11-9-14)29-12-19(27)30-13(2)20(28)25-17-7-5-4-6-16(17)21(22,23)24/h4-11,13H,3,12H2,1-2H3,(H,25,28). The number of hydrogen-bond donors (Lipinski definition) is 1. The van der Waals surface area contributed by atoms with Gasteiger partial charge in [0.25, 0.3) is 5.91 Å². The van der Waals surface area contributed by atoms with E-state index in [0.717, 1.165) is 12.1 Å². The van der Waals surface area contributed by atoms with Crippen LogP contribution in [-0.2, 0) is 20.5 Å². The van der Waals surface area contributed by atoms with Crippen LogP contribution in [-0.4, -0.2) is 30.4 Å². The number of carbonyl (C=O) groups is 3. The number of para-hydroxylation sites is 1. The molecule has 0 heterocycles. The van der Waals surface area contributed by atoms with Gasteiger partial charge in [0.05, 0.1) is 11.3 Å². The number of amides is 1. The molecule has 0 bridgehead atoms. The Hall–Kier alpha value is -3.36. The summed E-state index contributed by atoms with van der Waals surface area (Å²) in [4.78, 5) is 35.5. The molecule has 1 unspecified atom stereocenters. The fourth-order valence-corrected chi connectivity index (χ4v) is 2.44. The fourth-order valence-electron chi connectivity index (χ4n) is 2.44. The Labute approximate surface area is 171 Å². The van der Waals surface area contributed by atoms with E-state index in [1.54, 1.807) is 19.1 Å². The van der Waals surface area contributed by atoms with Crippen molar-refractivity contribution in [2.45, 2.75) is 32.5 Å². The molecule has 1 amide bonds. The maximum absolute atomic E-state index is 13.0. The van der Waals surface area contributed by atoms with Crippen LogP contribution in [0.4, 0.5) is 18.9 Å². The lowest BCUT2D eigenvalue weighted by molar-refractivity contribution is -0.155. The van der Waals surface area contributed by atoms with Gasteiger partial charge in [-0.2, -0.15) is 13.2 Å². The smallest absolute Gasteiger partial charge is 0.418 e. The van der Waals surface area contributed by atoms with Crippen molar-refractivity contribution in [3.63, 3.8) is 0 Å². The van der Waals surface area contributed by atoms with Gasteiger partial charge in [-0.25, -0.2) is 4.79 Å². The minimum atomic E-state index is -4.64. The number of hydrogen-bond acceptors (Lipinski definition) is 5. The molecule has 160 valence electrons. The molecule has 1 N–H and O–H groups in total. The van der Waals surface area contributed by atoms with Crippen molar-refractivity contribution in [2.75, 3.05) is 11.9 Å². The molecule has 2 rings (SSSR count). The molecule has 30 heavy (non-hydrogen) atoms. The summed E-state index contributed by atoms with van der Waals surface area (Å²) in [6, 6.07) is 10.6. The SMILES string of the molecule is CCC(=O)c1ccc(OCC(=O)OC(C)C(=O)Nc2ccccc2C(F)(F)F)cc1. The van der Waals surface area contributed by atoms with Crippen LogP contribution < -0.4 is 10.1 Å². The monoisotopic (exact) mass is 423 g/mol. The van der Waals surface area contributed by atoms with Crippen molar-refractivity contribution in [2.24, 2.45) is 0 Å². The van der Waals surface area contributed by atoms with Gasteiger partial charge in [-0.1, -0.05) is 19.1 Å². The molecule has 0 aliphatic rings. The fraction of sp³-hybridized carbons (Fsp3) is 0.286. The minimum Gasteiger partial charge on any atom is -0.482 e. The normalized spacial score (nSPS) is 12.0. The van der Waals surface area contributed by atoms with Crippen LogP contribution in [0.1, 0.15) is 36.2 Å². The number of halogens is 3. The molecule has 0 spiro atoms. The third kappa shape index (κ3) is 6.33. The van der Waals surface area contributed by atoms with E-state index in [-0.39, 0.29) is 5.78 Å². The van der Waals surface area contributed by atoms with E-state index in [2.05, 4.69) is 5.32 Å². The van der Waals surface area contributed by atoms with Crippen molar-refractivity contribution in [3.8, 4) is 5.75 Å². The molecule has 0 aliphatic heterocycles. The average molecular weight is 423 g/mol. The van der Waals surface area contributed by atoms with Gasteiger partial charge in [0, 0.05) is 12.0 Å². The number of alkyl halides is 3. The maximum Gasteiger partial charge on any atom is 0.418 e. The number of Topliss-reactive ketones (excluding diaryl/α,β-unsaturated/α-hetero) is 1. The molecule has 0 aliphatic carbocycles. The van der Waals surface area contributed by atoms with Crippen LogP contribution in [0.2, 0.25) is 0 Å². The van der Waals surface area contributed by atoms with Gasteiger partial charge in [-0.3, -0.25) is 9.59 Å². The van der Waals surface area contributed by atoms with Gasteiger partial charge in [0.2, 0.25) is 0 Å². The molecular formula is C21H20F3NO5. The van der Waals surface area contributed by atoms with Crippen LogP contribution in [0, 0.1) is 0 Å². The topological polar surface area (TPSA) is 81.7 Å². The third-order valence-corrected chi connectivity index (χ3v) is 4.02. The summed E-state index contributed by atoms with van der Waals surface area (Å²) >= 11 is 0. The van der Waals surface area contributed by atoms with Crippen molar-refractivity contribution >= 4 is 23.3 Å². The number of ketones is 1. The summed E-state index contributed by atoms with van der Waals surface area (Å²) < 4.78 is 49.1. The van der Waals surface area contributed by atoms with Crippen molar-refractivity contribution in [1.29, 1.82) is 0 Å². The van der Waals surface area contributed by atoms with Crippen LogP contribution in [0.5, 0.6) is 5.75 Å². The molecule has 0 saturated heterocycles. The second-order valence-electron chi connectivity index (χ2n) is 6.25. The predicted molar refractivity (Wildman–Crippen MR) is 102 cm³/mol. The summed E-state index contributed by atoms with van der Waals surface area (Å²) in [6.45, 7) is 2.45. The maximum atomic E-state index is 13.0. The number of anilines is 1.